The van der Waals surface area contributed by atoms with Crippen LogP contribution in [-0.4, -0.2) is 28.8 Å². The molecule has 5 nitrogen and oxygen atoms in total. The van der Waals surface area contributed by atoms with Gasteiger partial charge in [-0.2, -0.15) is 5.10 Å². The van der Waals surface area contributed by atoms with E-state index in [9.17, 15) is 9.18 Å². The molecular formula is C21H23FN4O. The van der Waals surface area contributed by atoms with Crippen LogP contribution in [0.3, 0.4) is 0 Å². The second-order valence-electron chi connectivity index (χ2n) is 6.21. The highest BCUT2D eigenvalue weighted by Crippen LogP contribution is 2.20. The van der Waals surface area contributed by atoms with Crippen molar-refractivity contribution in [2.45, 2.75) is 20.8 Å². The van der Waals surface area contributed by atoms with E-state index in [0.29, 0.717) is 16.9 Å². The van der Waals surface area contributed by atoms with Crippen LogP contribution in [0, 0.1) is 12.7 Å². The van der Waals surface area contributed by atoms with E-state index >= 15 is 0 Å². The van der Waals surface area contributed by atoms with Gasteiger partial charge in [0.1, 0.15) is 5.82 Å². The second-order valence-corrected chi connectivity index (χ2v) is 6.21. The predicted octanol–water partition coefficient (Wildman–Crippen LogP) is 4.42. The van der Waals surface area contributed by atoms with Crippen LogP contribution < -0.4 is 10.2 Å². The van der Waals surface area contributed by atoms with E-state index in [1.54, 1.807) is 16.8 Å². The Morgan fingerprint density at radius 2 is 1.70 bits per heavy atom. The molecule has 0 aliphatic rings. The molecule has 1 N–H and O–H groups in total. The lowest BCUT2D eigenvalue weighted by Gasteiger charge is -2.21. The van der Waals surface area contributed by atoms with Gasteiger partial charge in [-0.3, -0.25) is 4.79 Å². The van der Waals surface area contributed by atoms with Gasteiger partial charge in [-0.05, 0) is 69.3 Å². The minimum Gasteiger partial charge on any atom is -0.372 e. The van der Waals surface area contributed by atoms with Crippen molar-refractivity contribution in [2.75, 3.05) is 23.3 Å². The van der Waals surface area contributed by atoms with Crippen molar-refractivity contribution in [3.05, 3.63) is 71.8 Å². The Labute approximate surface area is 158 Å². The van der Waals surface area contributed by atoms with E-state index in [2.05, 4.69) is 29.2 Å². The summed E-state index contributed by atoms with van der Waals surface area (Å²) in [5, 5.41) is 7.17. The van der Waals surface area contributed by atoms with Crippen molar-refractivity contribution in [1.29, 1.82) is 0 Å². The first kappa shape index (κ1) is 18.6. The topological polar surface area (TPSA) is 50.2 Å². The van der Waals surface area contributed by atoms with Crippen LogP contribution >= 0.6 is 0 Å². The number of amides is 1. The van der Waals surface area contributed by atoms with Crippen LogP contribution in [0.4, 0.5) is 15.8 Å². The molecule has 0 saturated heterocycles. The molecule has 6 heteroatoms. The number of nitrogens with zero attached hydrogens (tertiary/aromatic N) is 3. The predicted molar refractivity (Wildman–Crippen MR) is 106 cm³/mol. The SMILES string of the molecule is CCN(CC)c1ccc(NC(=O)c2cnn(-c3ccc(F)cc3)c2C)cc1. The Hall–Kier alpha value is -3.15. The Morgan fingerprint density at radius 1 is 1.07 bits per heavy atom. The van der Waals surface area contributed by atoms with Gasteiger partial charge in [0.25, 0.3) is 5.91 Å². The third kappa shape index (κ3) is 4.00. The summed E-state index contributed by atoms with van der Waals surface area (Å²) < 4.78 is 14.7. The summed E-state index contributed by atoms with van der Waals surface area (Å²) in [4.78, 5) is 14.9. The van der Waals surface area contributed by atoms with E-state index in [1.165, 1.54) is 18.3 Å². The number of rotatable bonds is 6. The number of carbonyl (C=O) groups excluding carboxylic acids is 1. The van der Waals surface area contributed by atoms with Gasteiger partial charge in [0, 0.05) is 24.5 Å². The van der Waals surface area contributed by atoms with E-state index in [1.807, 2.05) is 31.2 Å². The fourth-order valence-corrected chi connectivity index (χ4v) is 3.02. The molecule has 1 amide bonds. The third-order valence-electron chi connectivity index (χ3n) is 4.58. The highest BCUT2D eigenvalue weighted by molar-refractivity contribution is 6.05. The van der Waals surface area contributed by atoms with Crippen LogP contribution in [0.25, 0.3) is 5.69 Å². The van der Waals surface area contributed by atoms with Crippen LogP contribution in [0.5, 0.6) is 0 Å². The zero-order valence-corrected chi connectivity index (χ0v) is 15.7. The molecule has 2 aromatic carbocycles. The summed E-state index contributed by atoms with van der Waals surface area (Å²) in [6.07, 6.45) is 1.53. The van der Waals surface area contributed by atoms with Gasteiger partial charge >= 0.3 is 0 Å². The molecule has 0 radical (unpaired) electrons. The third-order valence-corrected chi connectivity index (χ3v) is 4.58. The summed E-state index contributed by atoms with van der Waals surface area (Å²) in [6, 6.07) is 13.8. The Kier molecular flexibility index (Phi) is 5.54. The van der Waals surface area contributed by atoms with Gasteiger partial charge in [0.2, 0.25) is 0 Å². The smallest absolute Gasteiger partial charge is 0.259 e. The molecule has 0 bridgehead atoms. The minimum atomic E-state index is -0.310. The van der Waals surface area contributed by atoms with Crippen LogP contribution in [0.2, 0.25) is 0 Å². The van der Waals surface area contributed by atoms with Gasteiger partial charge in [-0.1, -0.05) is 0 Å². The lowest BCUT2D eigenvalue weighted by atomic mass is 10.2. The number of carbonyl (C=O) groups is 1. The number of hydrogen-bond donors (Lipinski definition) is 1. The summed E-state index contributed by atoms with van der Waals surface area (Å²) >= 11 is 0. The van der Waals surface area contributed by atoms with E-state index in [-0.39, 0.29) is 11.7 Å². The number of benzene rings is 2. The first-order chi connectivity index (χ1) is 13.0. The van der Waals surface area contributed by atoms with E-state index in [0.717, 1.165) is 24.5 Å². The Bertz CT molecular complexity index is 912. The highest BCUT2D eigenvalue weighted by atomic mass is 19.1. The zero-order chi connectivity index (χ0) is 19.4. The molecule has 1 aromatic heterocycles. The van der Waals surface area contributed by atoms with Gasteiger partial charge in [0.15, 0.2) is 0 Å². The maximum atomic E-state index is 13.1. The quantitative estimate of drug-likeness (QED) is 0.703. The molecule has 0 spiro atoms. The number of anilines is 2. The first-order valence-electron chi connectivity index (χ1n) is 9.00. The van der Waals surface area contributed by atoms with Gasteiger partial charge in [0.05, 0.1) is 23.1 Å². The monoisotopic (exact) mass is 366 g/mol. The normalized spacial score (nSPS) is 10.7. The number of aromatic nitrogens is 2. The molecule has 0 aliphatic carbocycles. The Balaban J connectivity index is 1.76. The average molecular weight is 366 g/mol. The van der Waals surface area contributed by atoms with Crippen molar-refractivity contribution in [2.24, 2.45) is 0 Å². The number of halogens is 1. The fourth-order valence-electron chi connectivity index (χ4n) is 3.02. The molecule has 0 fully saturated rings. The molecular weight excluding hydrogens is 343 g/mol. The fraction of sp³-hybridized carbons (Fsp3) is 0.238. The Morgan fingerprint density at radius 3 is 2.30 bits per heavy atom. The van der Waals surface area contributed by atoms with Crippen molar-refractivity contribution < 1.29 is 9.18 Å². The standard InChI is InChI=1S/C21H23FN4O/c1-4-25(5-2)18-12-8-17(9-13-18)24-21(27)20-14-23-26(15(20)3)19-10-6-16(22)7-11-19/h6-14H,4-5H2,1-3H3,(H,24,27). The molecule has 1 heterocycles. The molecule has 140 valence electrons. The molecule has 0 atom stereocenters. The molecule has 0 saturated carbocycles. The molecule has 0 unspecified atom stereocenters. The summed E-state index contributed by atoms with van der Waals surface area (Å²) in [5.41, 5.74) is 3.73. The molecule has 3 rings (SSSR count). The minimum absolute atomic E-state index is 0.226. The lowest BCUT2D eigenvalue weighted by Crippen LogP contribution is -2.21. The van der Waals surface area contributed by atoms with Crippen molar-refractivity contribution in [1.82, 2.24) is 9.78 Å². The van der Waals surface area contributed by atoms with Crippen LogP contribution in [0.1, 0.15) is 29.9 Å². The van der Waals surface area contributed by atoms with Crippen molar-refractivity contribution in [3.63, 3.8) is 0 Å². The number of nitrogens with one attached hydrogen (secondary N) is 1. The van der Waals surface area contributed by atoms with Crippen LogP contribution in [0.15, 0.2) is 54.7 Å². The van der Waals surface area contributed by atoms with Crippen molar-refractivity contribution >= 4 is 17.3 Å². The molecule has 27 heavy (non-hydrogen) atoms. The summed E-state index contributed by atoms with van der Waals surface area (Å²) in [5.74, 6) is -0.536. The van der Waals surface area contributed by atoms with Crippen molar-refractivity contribution in [3.8, 4) is 5.69 Å². The second kappa shape index (κ2) is 8.03. The maximum absolute atomic E-state index is 13.1. The van der Waals surface area contributed by atoms with E-state index in [4.69, 9.17) is 0 Å². The van der Waals surface area contributed by atoms with Gasteiger partial charge in [-0.25, -0.2) is 9.07 Å². The average Bonchev–Trinajstić information content (AvgIpc) is 3.06. The van der Waals surface area contributed by atoms with E-state index < -0.39 is 0 Å². The van der Waals surface area contributed by atoms with Gasteiger partial charge < -0.3 is 10.2 Å². The van der Waals surface area contributed by atoms with Crippen LogP contribution in [-0.2, 0) is 0 Å². The highest BCUT2D eigenvalue weighted by Gasteiger charge is 2.15. The largest absolute Gasteiger partial charge is 0.372 e. The molecule has 0 aliphatic heterocycles. The summed E-state index contributed by atoms with van der Waals surface area (Å²) in [7, 11) is 0. The maximum Gasteiger partial charge on any atom is 0.259 e. The molecule has 3 aromatic rings. The number of hydrogen-bond acceptors (Lipinski definition) is 3. The zero-order valence-electron chi connectivity index (χ0n) is 15.7. The first-order valence-corrected chi connectivity index (χ1v) is 9.00. The lowest BCUT2D eigenvalue weighted by molar-refractivity contribution is 0.102. The van der Waals surface area contributed by atoms with Gasteiger partial charge in [-0.15, -0.1) is 0 Å². The summed E-state index contributed by atoms with van der Waals surface area (Å²) in [6.45, 7) is 7.91.